The van der Waals surface area contributed by atoms with E-state index in [0.717, 1.165) is 14.7 Å². The van der Waals surface area contributed by atoms with Gasteiger partial charge >= 0.3 is 11.7 Å². The number of carbonyl (C=O) groups excluding carboxylic acids is 1. The number of allylic oxidation sites excluding steroid dienone is 1. The first-order valence-electron chi connectivity index (χ1n) is 5.99. The summed E-state index contributed by atoms with van der Waals surface area (Å²) in [6.07, 6.45) is 1.57. The van der Waals surface area contributed by atoms with E-state index in [1.807, 2.05) is 24.3 Å². The van der Waals surface area contributed by atoms with Crippen LogP contribution < -0.4 is 10.6 Å². The zero-order valence-electron chi connectivity index (χ0n) is 10.5. The quantitative estimate of drug-likeness (QED) is 0.806. The minimum Gasteiger partial charge on any atom is -0.286 e. The topological polar surface area (TPSA) is 60.1 Å². The number of fused-ring (bicyclic) bond motifs is 1. The largest absolute Gasteiger partial charge is 0.354 e. The van der Waals surface area contributed by atoms with Crippen molar-refractivity contribution in [3.05, 3.63) is 57.7 Å². The van der Waals surface area contributed by atoms with Crippen LogP contribution in [-0.4, -0.2) is 20.4 Å². The lowest BCUT2D eigenvalue weighted by atomic mass is 10.3. The molecule has 1 aromatic heterocycles. The molecule has 6 nitrogen and oxygen atoms in total. The van der Waals surface area contributed by atoms with Gasteiger partial charge in [0.1, 0.15) is 0 Å². The Hall–Kier alpha value is -2.15. The van der Waals surface area contributed by atoms with E-state index in [1.54, 1.807) is 6.08 Å². The molecule has 7 heteroatoms. The van der Waals surface area contributed by atoms with Gasteiger partial charge in [-0.2, -0.15) is 9.67 Å². The Morgan fingerprint density at radius 1 is 1.30 bits per heavy atom. The summed E-state index contributed by atoms with van der Waals surface area (Å²) in [6.45, 7) is 4.15. The molecule has 0 N–H and O–H groups in total. The Kier molecular flexibility index (Phi) is 3.06. The average Bonchev–Trinajstić information content (AvgIpc) is 2.90. The van der Waals surface area contributed by atoms with Crippen molar-refractivity contribution in [2.75, 3.05) is 4.90 Å². The number of anilines is 1. The summed E-state index contributed by atoms with van der Waals surface area (Å²) >= 11 is 3.34. The van der Waals surface area contributed by atoms with Crippen LogP contribution in [0.2, 0.25) is 0 Å². The lowest BCUT2D eigenvalue weighted by molar-refractivity contribution is 0.250. The van der Waals surface area contributed by atoms with E-state index in [4.69, 9.17) is 0 Å². The number of hydrogen-bond donors (Lipinski definition) is 0. The van der Waals surface area contributed by atoms with E-state index in [0.29, 0.717) is 18.9 Å². The minimum atomic E-state index is -0.426. The maximum absolute atomic E-state index is 12.3. The van der Waals surface area contributed by atoms with E-state index in [1.165, 1.54) is 9.58 Å². The van der Waals surface area contributed by atoms with Crippen molar-refractivity contribution in [3.63, 3.8) is 0 Å². The molecule has 2 aromatic rings. The van der Waals surface area contributed by atoms with Gasteiger partial charge in [0.15, 0.2) is 5.82 Å². The van der Waals surface area contributed by atoms with Crippen LogP contribution >= 0.6 is 15.9 Å². The Morgan fingerprint density at radius 3 is 2.60 bits per heavy atom. The monoisotopic (exact) mass is 334 g/mol. The van der Waals surface area contributed by atoms with Crippen LogP contribution in [0.1, 0.15) is 5.82 Å². The predicted molar refractivity (Wildman–Crippen MR) is 77.8 cm³/mol. The fourth-order valence-corrected chi connectivity index (χ4v) is 2.41. The van der Waals surface area contributed by atoms with E-state index in [2.05, 4.69) is 27.6 Å². The molecule has 20 heavy (non-hydrogen) atoms. The standard InChI is InChI=1S/C13H11BrN4O2/c1-2-7-17-13(20)18-11(15-17)8-16(12(18)19)10-5-3-9(14)4-6-10/h2-6H,1,7-8H2. The highest BCUT2D eigenvalue weighted by Gasteiger charge is 2.33. The molecule has 102 valence electrons. The van der Waals surface area contributed by atoms with E-state index >= 15 is 0 Å². The van der Waals surface area contributed by atoms with Crippen LogP contribution in [0, 0.1) is 0 Å². The Bertz CT molecular complexity index is 745. The van der Waals surface area contributed by atoms with Gasteiger partial charge in [0.25, 0.3) is 0 Å². The first-order chi connectivity index (χ1) is 9.61. The summed E-state index contributed by atoms with van der Waals surface area (Å²) in [6, 6.07) is 6.95. The van der Waals surface area contributed by atoms with Crippen LogP contribution in [0.25, 0.3) is 0 Å². The molecule has 0 aliphatic carbocycles. The Balaban J connectivity index is 1.97. The molecule has 1 aromatic carbocycles. The summed E-state index contributed by atoms with van der Waals surface area (Å²) in [5, 5.41) is 4.15. The van der Waals surface area contributed by atoms with Gasteiger partial charge in [-0.1, -0.05) is 22.0 Å². The molecular weight excluding hydrogens is 324 g/mol. The molecule has 3 rings (SSSR count). The van der Waals surface area contributed by atoms with E-state index in [-0.39, 0.29) is 6.03 Å². The van der Waals surface area contributed by atoms with Gasteiger partial charge in [-0.05, 0) is 24.3 Å². The molecule has 0 radical (unpaired) electrons. The molecule has 0 fully saturated rings. The number of hydrogen-bond acceptors (Lipinski definition) is 3. The normalized spacial score (nSPS) is 13.7. The third-order valence-electron chi connectivity index (χ3n) is 3.07. The number of amides is 1. The van der Waals surface area contributed by atoms with Crippen molar-refractivity contribution in [1.82, 2.24) is 14.3 Å². The molecule has 2 heterocycles. The third-order valence-corrected chi connectivity index (χ3v) is 3.60. The van der Waals surface area contributed by atoms with Gasteiger partial charge in [0.05, 0.1) is 13.1 Å². The highest BCUT2D eigenvalue weighted by Crippen LogP contribution is 2.23. The molecule has 0 atom stereocenters. The highest BCUT2D eigenvalue weighted by atomic mass is 79.9. The number of carbonyl (C=O) groups is 1. The highest BCUT2D eigenvalue weighted by molar-refractivity contribution is 9.10. The van der Waals surface area contributed by atoms with Crippen molar-refractivity contribution in [1.29, 1.82) is 0 Å². The SMILES string of the molecule is C=CCn1nc2n(c1=O)C(=O)N(c1ccc(Br)cc1)C2. The van der Waals surface area contributed by atoms with Gasteiger partial charge in [-0.25, -0.2) is 14.3 Å². The molecule has 0 bridgehead atoms. The van der Waals surface area contributed by atoms with Crippen molar-refractivity contribution < 1.29 is 4.79 Å². The molecule has 0 saturated carbocycles. The number of benzene rings is 1. The molecule has 0 saturated heterocycles. The van der Waals surface area contributed by atoms with Crippen LogP contribution in [0.3, 0.4) is 0 Å². The Morgan fingerprint density at radius 2 is 2.00 bits per heavy atom. The lowest BCUT2D eigenvalue weighted by Crippen LogP contribution is -2.34. The van der Waals surface area contributed by atoms with Crippen LogP contribution in [0.4, 0.5) is 10.5 Å². The molecule has 1 aliphatic rings. The zero-order valence-corrected chi connectivity index (χ0v) is 12.1. The fourth-order valence-electron chi connectivity index (χ4n) is 2.14. The third kappa shape index (κ3) is 1.90. The molecule has 1 amide bonds. The number of nitrogens with zero attached hydrogens (tertiary/aromatic N) is 4. The Labute approximate surface area is 123 Å². The molecule has 0 spiro atoms. The second kappa shape index (κ2) is 4.75. The molecular formula is C13H11BrN4O2. The number of aromatic nitrogens is 3. The van der Waals surface area contributed by atoms with Gasteiger partial charge in [-0.15, -0.1) is 6.58 Å². The summed E-state index contributed by atoms with van der Waals surface area (Å²) < 4.78 is 3.27. The molecule has 0 unspecified atom stereocenters. The van der Waals surface area contributed by atoms with Crippen molar-refractivity contribution in [2.24, 2.45) is 0 Å². The second-order valence-electron chi connectivity index (χ2n) is 4.35. The number of halogens is 1. The van der Waals surface area contributed by atoms with Crippen LogP contribution in [0.15, 0.2) is 46.2 Å². The van der Waals surface area contributed by atoms with Gasteiger partial charge in [0.2, 0.25) is 0 Å². The number of rotatable bonds is 3. The van der Waals surface area contributed by atoms with Gasteiger partial charge in [-0.3, -0.25) is 4.90 Å². The summed E-state index contributed by atoms with van der Waals surface area (Å²) in [5.41, 5.74) is 0.308. The van der Waals surface area contributed by atoms with Crippen molar-refractivity contribution in [3.8, 4) is 0 Å². The van der Waals surface area contributed by atoms with Crippen molar-refractivity contribution in [2.45, 2.75) is 13.1 Å². The van der Waals surface area contributed by atoms with Gasteiger partial charge in [0, 0.05) is 10.2 Å². The molecule has 1 aliphatic heterocycles. The maximum Gasteiger partial charge on any atom is 0.354 e. The van der Waals surface area contributed by atoms with Crippen LogP contribution in [0.5, 0.6) is 0 Å². The van der Waals surface area contributed by atoms with Crippen LogP contribution in [-0.2, 0) is 13.1 Å². The van der Waals surface area contributed by atoms with Crippen molar-refractivity contribution >= 4 is 27.6 Å². The zero-order chi connectivity index (χ0) is 14.3. The lowest BCUT2D eigenvalue weighted by Gasteiger charge is -2.14. The summed E-state index contributed by atoms with van der Waals surface area (Å²) in [4.78, 5) is 25.9. The summed E-state index contributed by atoms with van der Waals surface area (Å²) in [7, 11) is 0. The smallest absolute Gasteiger partial charge is 0.286 e. The first kappa shape index (κ1) is 12.9. The van der Waals surface area contributed by atoms with Gasteiger partial charge < -0.3 is 0 Å². The first-order valence-corrected chi connectivity index (χ1v) is 6.78. The predicted octanol–water partition coefficient (Wildman–Crippen LogP) is 1.98. The maximum atomic E-state index is 12.3. The second-order valence-corrected chi connectivity index (χ2v) is 5.27. The minimum absolute atomic E-state index is 0.292. The fraction of sp³-hybridized carbons (Fsp3) is 0.154. The van der Waals surface area contributed by atoms with E-state index < -0.39 is 5.69 Å². The van der Waals surface area contributed by atoms with E-state index in [9.17, 15) is 9.59 Å². The summed E-state index contributed by atoms with van der Waals surface area (Å²) in [5.74, 6) is 0.449. The average molecular weight is 335 g/mol.